The van der Waals surface area contributed by atoms with Crippen molar-refractivity contribution in [2.24, 2.45) is 0 Å². The fourth-order valence-corrected chi connectivity index (χ4v) is 2.05. The molecule has 0 aliphatic carbocycles. The fourth-order valence-electron chi connectivity index (χ4n) is 2.05. The van der Waals surface area contributed by atoms with Gasteiger partial charge >= 0.3 is 6.18 Å². The Kier molecular flexibility index (Phi) is 5.58. The first-order valence-corrected chi connectivity index (χ1v) is 7.18. The van der Waals surface area contributed by atoms with Gasteiger partial charge in [-0.05, 0) is 47.9 Å². The maximum Gasteiger partial charge on any atom is 0.416 e. The molecular weight excluding hydrogens is 317 g/mol. The summed E-state index contributed by atoms with van der Waals surface area (Å²) in [6, 6.07) is 11.4. The van der Waals surface area contributed by atoms with E-state index < -0.39 is 11.7 Å². The molecule has 1 N–H and O–H groups in total. The molecule has 0 unspecified atom stereocenters. The number of carbonyl (C=O) groups is 1. The van der Waals surface area contributed by atoms with Gasteiger partial charge in [0.25, 0.3) is 0 Å². The topological polar surface area (TPSA) is 37.3 Å². The van der Waals surface area contributed by atoms with Crippen LogP contribution in [0, 0.1) is 0 Å². The third-order valence-electron chi connectivity index (χ3n) is 3.20. The summed E-state index contributed by atoms with van der Waals surface area (Å²) in [4.78, 5) is 11.7. The van der Waals surface area contributed by atoms with Crippen LogP contribution >= 0.6 is 0 Å². The predicted octanol–water partition coefficient (Wildman–Crippen LogP) is 4.79. The number of hydrogen-bond acceptors (Lipinski definition) is 2. The highest BCUT2D eigenvalue weighted by Crippen LogP contribution is 2.29. The highest BCUT2D eigenvalue weighted by Gasteiger charge is 2.30. The number of ketones is 1. The summed E-state index contributed by atoms with van der Waals surface area (Å²) in [5.74, 6) is -0.185. The lowest BCUT2D eigenvalue weighted by Crippen LogP contribution is -2.05. The smallest absolute Gasteiger partial charge is 0.416 e. The van der Waals surface area contributed by atoms with E-state index in [1.165, 1.54) is 36.4 Å². The van der Waals surface area contributed by atoms with Crippen molar-refractivity contribution < 1.29 is 23.1 Å². The quantitative estimate of drug-likeness (QED) is 0.799. The van der Waals surface area contributed by atoms with Crippen molar-refractivity contribution in [2.75, 3.05) is 0 Å². The van der Waals surface area contributed by atoms with Gasteiger partial charge < -0.3 is 5.11 Å². The van der Waals surface area contributed by atoms with E-state index in [1.807, 2.05) is 0 Å². The van der Waals surface area contributed by atoms with Crippen LogP contribution in [0.25, 0.3) is 6.08 Å². The minimum Gasteiger partial charge on any atom is -0.508 e. The molecule has 24 heavy (non-hydrogen) atoms. The lowest BCUT2D eigenvalue weighted by molar-refractivity contribution is -0.137. The number of hydrogen-bond donors (Lipinski definition) is 1. The molecule has 0 fully saturated rings. The summed E-state index contributed by atoms with van der Waals surface area (Å²) in [5, 5.41) is 9.31. The average Bonchev–Trinajstić information content (AvgIpc) is 2.52. The Hall–Kier alpha value is -2.82. The van der Waals surface area contributed by atoms with Crippen molar-refractivity contribution in [2.45, 2.75) is 12.6 Å². The van der Waals surface area contributed by atoms with Crippen LogP contribution < -0.4 is 0 Å². The molecule has 0 amide bonds. The molecule has 0 spiro atoms. The molecule has 5 heteroatoms. The van der Waals surface area contributed by atoms with Gasteiger partial charge in [0.05, 0.1) is 5.56 Å². The number of aromatic hydroxyl groups is 1. The van der Waals surface area contributed by atoms with Crippen molar-refractivity contribution in [3.05, 3.63) is 83.4 Å². The van der Waals surface area contributed by atoms with Gasteiger partial charge in [0.15, 0.2) is 5.78 Å². The number of rotatable bonds is 5. The standard InChI is InChI=1S/C19H15F3O2/c20-19(21,22)16-7-1-4-14(12-16)5-2-8-17(23)11-10-15-6-3-9-18(24)13-15/h1-4,6-13,24H,5H2/b8-2+,11-10+. The largest absolute Gasteiger partial charge is 0.508 e. The number of alkyl halides is 3. The van der Waals surface area contributed by atoms with E-state index in [0.717, 1.165) is 12.1 Å². The molecule has 2 aromatic rings. The van der Waals surface area contributed by atoms with Crippen molar-refractivity contribution in [3.8, 4) is 5.75 Å². The Morgan fingerprint density at radius 1 is 1.04 bits per heavy atom. The van der Waals surface area contributed by atoms with Crippen molar-refractivity contribution in [3.63, 3.8) is 0 Å². The summed E-state index contributed by atoms with van der Waals surface area (Å²) < 4.78 is 37.8. The first-order valence-electron chi connectivity index (χ1n) is 7.18. The number of benzene rings is 2. The second-order valence-electron chi connectivity index (χ2n) is 5.14. The van der Waals surface area contributed by atoms with E-state index in [2.05, 4.69) is 0 Å². The molecule has 2 nitrogen and oxygen atoms in total. The summed E-state index contributed by atoms with van der Waals surface area (Å²) in [6.45, 7) is 0. The Labute approximate surface area is 137 Å². The van der Waals surface area contributed by atoms with Gasteiger partial charge in [-0.1, -0.05) is 42.5 Å². The highest BCUT2D eigenvalue weighted by atomic mass is 19.4. The molecule has 0 aromatic heterocycles. The van der Waals surface area contributed by atoms with Crippen LogP contribution in [0.5, 0.6) is 5.75 Å². The molecule has 0 radical (unpaired) electrons. The van der Waals surface area contributed by atoms with Gasteiger partial charge in [-0.15, -0.1) is 0 Å². The van der Waals surface area contributed by atoms with Gasteiger partial charge in [0, 0.05) is 0 Å². The zero-order valence-corrected chi connectivity index (χ0v) is 12.6. The maximum atomic E-state index is 12.6. The summed E-state index contributed by atoms with van der Waals surface area (Å²) in [6.07, 6.45) is 1.56. The van der Waals surface area contributed by atoms with Crippen LogP contribution in [-0.2, 0) is 17.4 Å². The number of phenols is 1. The monoisotopic (exact) mass is 332 g/mol. The van der Waals surface area contributed by atoms with Gasteiger partial charge in [0.1, 0.15) is 5.75 Å². The molecule has 0 aliphatic rings. The lowest BCUT2D eigenvalue weighted by Gasteiger charge is -2.07. The van der Waals surface area contributed by atoms with Crippen LogP contribution in [-0.4, -0.2) is 10.9 Å². The minimum absolute atomic E-state index is 0.102. The molecule has 0 aliphatic heterocycles. The molecule has 0 saturated carbocycles. The van der Waals surface area contributed by atoms with E-state index in [4.69, 9.17) is 0 Å². The minimum atomic E-state index is -4.38. The van der Waals surface area contributed by atoms with Gasteiger partial charge in [0.2, 0.25) is 0 Å². The molecule has 0 bridgehead atoms. The number of phenolic OH excluding ortho intramolecular Hbond substituents is 1. The molecular formula is C19H15F3O2. The van der Waals surface area contributed by atoms with E-state index >= 15 is 0 Å². The zero-order chi connectivity index (χ0) is 17.6. The maximum absolute atomic E-state index is 12.6. The molecule has 0 saturated heterocycles. The predicted molar refractivity (Wildman–Crippen MR) is 86.4 cm³/mol. The van der Waals surface area contributed by atoms with Crippen LogP contribution in [0.4, 0.5) is 13.2 Å². The number of allylic oxidation sites excluding steroid dienone is 3. The van der Waals surface area contributed by atoms with E-state index in [0.29, 0.717) is 11.1 Å². The Morgan fingerprint density at radius 3 is 2.50 bits per heavy atom. The summed E-state index contributed by atoms with van der Waals surface area (Å²) in [7, 11) is 0. The Morgan fingerprint density at radius 2 is 1.79 bits per heavy atom. The SMILES string of the molecule is O=C(/C=C/Cc1cccc(C(F)(F)F)c1)/C=C/c1cccc(O)c1. The van der Waals surface area contributed by atoms with Crippen LogP contribution in [0.2, 0.25) is 0 Å². The zero-order valence-electron chi connectivity index (χ0n) is 12.6. The molecule has 2 aromatic carbocycles. The summed E-state index contributed by atoms with van der Waals surface area (Å²) in [5.41, 5.74) is 0.448. The fraction of sp³-hybridized carbons (Fsp3) is 0.105. The molecule has 0 heterocycles. The van der Waals surface area contributed by atoms with Crippen molar-refractivity contribution in [1.82, 2.24) is 0 Å². The summed E-state index contributed by atoms with van der Waals surface area (Å²) >= 11 is 0. The average molecular weight is 332 g/mol. The Balaban J connectivity index is 1.95. The van der Waals surface area contributed by atoms with Gasteiger partial charge in [-0.3, -0.25) is 4.79 Å². The molecule has 0 atom stereocenters. The third kappa shape index (κ3) is 5.43. The third-order valence-corrected chi connectivity index (χ3v) is 3.20. The highest BCUT2D eigenvalue weighted by molar-refractivity contribution is 6.02. The lowest BCUT2D eigenvalue weighted by atomic mass is 10.1. The first-order chi connectivity index (χ1) is 11.3. The van der Waals surface area contributed by atoms with Crippen LogP contribution in [0.1, 0.15) is 16.7 Å². The van der Waals surface area contributed by atoms with E-state index in [-0.39, 0.29) is 18.0 Å². The molecule has 124 valence electrons. The van der Waals surface area contributed by atoms with Crippen LogP contribution in [0.3, 0.4) is 0 Å². The Bertz CT molecular complexity index is 774. The number of halogens is 3. The van der Waals surface area contributed by atoms with Crippen LogP contribution in [0.15, 0.2) is 66.8 Å². The van der Waals surface area contributed by atoms with Gasteiger partial charge in [-0.2, -0.15) is 13.2 Å². The number of carbonyl (C=O) groups excluding carboxylic acids is 1. The molecule has 2 rings (SSSR count). The second kappa shape index (κ2) is 7.64. The van der Waals surface area contributed by atoms with E-state index in [1.54, 1.807) is 24.3 Å². The van der Waals surface area contributed by atoms with E-state index in [9.17, 15) is 23.1 Å². The van der Waals surface area contributed by atoms with Gasteiger partial charge in [-0.25, -0.2) is 0 Å². The second-order valence-corrected chi connectivity index (χ2v) is 5.14. The van der Waals surface area contributed by atoms with Crippen molar-refractivity contribution >= 4 is 11.9 Å². The van der Waals surface area contributed by atoms with Crippen molar-refractivity contribution in [1.29, 1.82) is 0 Å². The first kappa shape index (κ1) is 17.5. The normalized spacial score (nSPS) is 12.1.